The summed E-state index contributed by atoms with van der Waals surface area (Å²) >= 11 is 0. The van der Waals surface area contributed by atoms with E-state index in [1.807, 2.05) is 6.92 Å². The van der Waals surface area contributed by atoms with Crippen LogP contribution in [0.25, 0.3) is 10.4 Å². The second-order valence-corrected chi connectivity index (χ2v) is 11.1. The van der Waals surface area contributed by atoms with Gasteiger partial charge in [-0.15, -0.1) is 0 Å². The van der Waals surface area contributed by atoms with E-state index in [-0.39, 0.29) is 17.7 Å². The van der Waals surface area contributed by atoms with Gasteiger partial charge in [-0.25, -0.2) is 0 Å². The molecule has 5 nitrogen and oxygen atoms in total. The Labute approximate surface area is 169 Å². The minimum absolute atomic E-state index is 0.148. The predicted octanol–water partition coefficient (Wildman–Crippen LogP) is 6.28. The second kappa shape index (κ2) is 7.02. The number of hydrogen-bond acceptors (Lipinski definition) is 3. The average Bonchev–Trinajstić information content (AvgIpc) is 3.00. The molecule has 0 unspecified atom stereocenters. The third-order valence-electron chi connectivity index (χ3n) is 9.96. The highest BCUT2D eigenvalue weighted by atomic mass is 16.5. The Kier molecular flexibility index (Phi) is 5.07. The third kappa shape index (κ3) is 3.01. The molecule has 0 radical (unpaired) electrons. The van der Waals surface area contributed by atoms with Gasteiger partial charge in [-0.2, -0.15) is 0 Å². The van der Waals surface area contributed by atoms with Crippen molar-refractivity contribution in [2.24, 2.45) is 45.5 Å². The van der Waals surface area contributed by atoms with Crippen molar-refractivity contribution >= 4 is 5.78 Å². The molecule has 28 heavy (non-hydrogen) atoms. The van der Waals surface area contributed by atoms with Crippen molar-refractivity contribution in [3.63, 3.8) is 0 Å². The topological polar surface area (TPSA) is 75.1 Å². The largest absolute Gasteiger partial charge is 0.369 e. The van der Waals surface area contributed by atoms with Gasteiger partial charge in [0.2, 0.25) is 0 Å². The van der Waals surface area contributed by atoms with Gasteiger partial charge >= 0.3 is 0 Å². The zero-order valence-electron chi connectivity index (χ0n) is 18.1. The van der Waals surface area contributed by atoms with E-state index in [0.29, 0.717) is 23.0 Å². The van der Waals surface area contributed by atoms with E-state index < -0.39 is 0 Å². The molecule has 0 aromatic carbocycles. The van der Waals surface area contributed by atoms with Crippen LogP contribution in [0.2, 0.25) is 0 Å². The average molecular weight is 388 g/mol. The maximum absolute atomic E-state index is 12.3. The van der Waals surface area contributed by atoms with E-state index in [4.69, 9.17) is 10.3 Å². The number of fused-ring (bicyclic) bond motifs is 5. The van der Waals surface area contributed by atoms with E-state index >= 15 is 0 Å². The van der Waals surface area contributed by atoms with E-state index in [2.05, 4.69) is 30.8 Å². The van der Waals surface area contributed by atoms with Crippen LogP contribution in [0.1, 0.15) is 85.5 Å². The molecule has 0 N–H and O–H groups in total. The van der Waals surface area contributed by atoms with Gasteiger partial charge in [0.05, 0.1) is 5.60 Å². The summed E-state index contributed by atoms with van der Waals surface area (Å²) in [5.74, 6) is 3.77. The second-order valence-electron chi connectivity index (χ2n) is 11.1. The zero-order valence-corrected chi connectivity index (χ0v) is 18.1. The molecular formula is C23H37N3O2. The number of ketones is 1. The quantitative estimate of drug-likeness (QED) is 0.323. The van der Waals surface area contributed by atoms with Crippen molar-refractivity contribution < 1.29 is 9.53 Å². The van der Waals surface area contributed by atoms with Crippen LogP contribution in [-0.2, 0) is 9.53 Å². The van der Waals surface area contributed by atoms with Gasteiger partial charge < -0.3 is 4.74 Å². The number of rotatable bonds is 4. The maximum atomic E-state index is 12.3. The van der Waals surface area contributed by atoms with Gasteiger partial charge in [-0.05, 0) is 112 Å². The van der Waals surface area contributed by atoms with Gasteiger partial charge in [-0.3, -0.25) is 4.79 Å². The van der Waals surface area contributed by atoms with Crippen LogP contribution in [-0.4, -0.2) is 18.1 Å². The van der Waals surface area contributed by atoms with Gasteiger partial charge in [0.1, 0.15) is 12.5 Å². The summed E-state index contributed by atoms with van der Waals surface area (Å²) in [6.07, 6.45) is 10.9. The Morgan fingerprint density at radius 2 is 1.79 bits per heavy atom. The molecule has 0 heterocycles. The van der Waals surface area contributed by atoms with Crippen molar-refractivity contribution in [2.75, 3.05) is 6.73 Å². The van der Waals surface area contributed by atoms with Gasteiger partial charge in [0, 0.05) is 10.8 Å². The highest BCUT2D eigenvalue weighted by Crippen LogP contribution is 2.68. The standard InChI is InChI=1S/C23H37N3O2/c1-15(27)18-7-8-19-17-6-5-16-13-21(2,28-14-25-26-24)11-12-22(16,3)20(17)9-10-23(18,19)4/h16-20H,5-14H2,1-4H3/t16-,17-,18+,19-,20-,21+,22-,23+/m0/s1. The summed E-state index contributed by atoms with van der Waals surface area (Å²) in [5.41, 5.74) is 9.04. The van der Waals surface area contributed by atoms with Gasteiger partial charge in [0.15, 0.2) is 0 Å². The molecule has 0 saturated heterocycles. The van der Waals surface area contributed by atoms with Gasteiger partial charge in [0.25, 0.3) is 0 Å². The molecule has 0 aliphatic heterocycles. The predicted molar refractivity (Wildman–Crippen MR) is 109 cm³/mol. The van der Waals surface area contributed by atoms with Crippen LogP contribution < -0.4 is 0 Å². The van der Waals surface area contributed by atoms with Crippen LogP contribution in [0.15, 0.2) is 5.11 Å². The number of hydrogen-bond donors (Lipinski definition) is 0. The van der Waals surface area contributed by atoms with Crippen molar-refractivity contribution in [1.29, 1.82) is 0 Å². The van der Waals surface area contributed by atoms with Crippen LogP contribution in [0.5, 0.6) is 0 Å². The van der Waals surface area contributed by atoms with Crippen molar-refractivity contribution in [1.82, 2.24) is 0 Å². The summed E-state index contributed by atoms with van der Waals surface area (Å²) in [6.45, 7) is 9.17. The highest BCUT2D eigenvalue weighted by molar-refractivity contribution is 5.79. The number of ether oxygens (including phenoxy) is 1. The minimum atomic E-state index is -0.151. The molecule has 5 heteroatoms. The van der Waals surface area contributed by atoms with E-state index in [0.717, 1.165) is 37.0 Å². The fourth-order valence-electron chi connectivity index (χ4n) is 8.43. The Morgan fingerprint density at radius 1 is 1.04 bits per heavy atom. The summed E-state index contributed by atoms with van der Waals surface area (Å²) < 4.78 is 6.01. The summed E-state index contributed by atoms with van der Waals surface area (Å²) in [7, 11) is 0. The number of Topliss-reactive ketones (excluding diaryl/α,β-unsaturated/α-hetero) is 1. The fourth-order valence-corrected chi connectivity index (χ4v) is 8.43. The number of azide groups is 1. The van der Waals surface area contributed by atoms with Gasteiger partial charge in [-0.1, -0.05) is 19.0 Å². The van der Waals surface area contributed by atoms with Crippen molar-refractivity contribution in [3.05, 3.63) is 10.4 Å². The molecule has 0 aromatic heterocycles. The first-order valence-corrected chi connectivity index (χ1v) is 11.4. The zero-order chi connectivity index (χ0) is 20.2. The molecule has 4 aliphatic carbocycles. The smallest absolute Gasteiger partial charge is 0.133 e. The molecular weight excluding hydrogens is 350 g/mol. The van der Waals surface area contributed by atoms with Crippen molar-refractivity contribution in [3.8, 4) is 0 Å². The SMILES string of the molecule is CC(=O)[C@H]1CC[C@H]2[C@@H]3CC[C@H]4C[C@](C)(OCN=[N+]=[N-])CC[C@]4(C)[C@H]3CC[C@]12C. The Morgan fingerprint density at radius 3 is 2.50 bits per heavy atom. The lowest BCUT2D eigenvalue weighted by Gasteiger charge is -2.62. The maximum Gasteiger partial charge on any atom is 0.133 e. The lowest BCUT2D eigenvalue weighted by atomic mass is 9.44. The first-order valence-electron chi connectivity index (χ1n) is 11.4. The van der Waals surface area contributed by atoms with E-state index in [1.54, 1.807) is 0 Å². The molecule has 156 valence electrons. The Bertz CT molecular complexity index is 689. The normalized spacial score (nSPS) is 50.1. The lowest BCUT2D eigenvalue weighted by Crippen LogP contribution is -2.56. The molecule has 4 aliphatic rings. The molecule has 8 atom stereocenters. The third-order valence-corrected chi connectivity index (χ3v) is 9.96. The van der Waals surface area contributed by atoms with E-state index in [9.17, 15) is 4.79 Å². The fraction of sp³-hybridized carbons (Fsp3) is 0.957. The van der Waals surface area contributed by atoms with Crippen LogP contribution >= 0.6 is 0 Å². The molecule has 4 saturated carbocycles. The molecule has 0 bridgehead atoms. The number of carbonyl (C=O) groups is 1. The first kappa shape index (κ1) is 20.2. The summed E-state index contributed by atoms with van der Waals surface area (Å²) in [5, 5.41) is 3.59. The highest BCUT2D eigenvalue weighted by Gasteiger charge is 2.61. The van der Waals surface area contributed by atoms with Crippen LogP contribution in [0.4, 0.5) is 0 Å². The number of carbonyl (C=O) groups excluding carboxylic acids is 1. The lowest BCUT2D eigenvalue weighted by molar-refractivity contribution is -0.162. The Balaban J connectivity index is 1.52. The molecule has 0 spiro atoms. The molecule has 0 amide bonds. The van der Waals surface area contributed by atoms with Crippen LogP contribution in [0.3, 0.4) is 0 Å². The first-order chi connectivity index (χ1) is 13.2. The van der Waals surface area contributed by atoms with Crippen LogP contribution in [0, 0.1) is 40.4 Å². The monoisotopic (exact) mass is 387 g/mol. The summed E-state index contributed by atoms with van der Waals surface area (Å²) in [6, 6.07) is 0. The summed E-state index contributed by atoms with van der Waals surface area (Å²) in [4.78, 5) is 15.1. The number of nitrogens with zero attached hydrogens (tertiary/aromatic N) is 3. The molecule has 4 fully saturated rings. The van der Waals surface area contributed by atoms with Crippen molar-refractivity contribution in [2.45, 2.75) is 91.1 Å². The molecule has 0 aromatic rings. The Hall–Kier alpha value is -1.06. The minimum Gasteiger partial charge on any atom is -0.369 e. The molecule has 4 rings (SSSR count). The van der Waals surface area contributed by atoms with E-state index in [1.165, 1.54) is 38.5 Å².